The van der Waals surface area contributed by atoms with Crippen molar-refractivity contribution in [2.24, 2.45) is 0 Å². The van der Waals surface area contributed by atoms with Gasteiger partial charge in [0.1, 0.15) is 6.04 Å². The van der Waals surface area contributed by atoms with Gasteiger partial charge in [0.05, 0.1) is 0 Å². The maximum atomic E-state index is 13.7. The van der Waals surface area contributed by atoms with Gasteiger partial charge in [0.2, 0.25) is 18.6 Å². The van der Waals surface area contributed by atoms with Crippen molar-refractivity contribution in [1.82, 2.24) is 10.2 Å². The van der Waals surface area contributed by atoms with E-state index in [1.165, 1.54) is 0 Å². The van der Waals surface area contributed by atoms with Gasteiger partial charge in [-0.05, 0) is 61.2 Å². The van der Waals surface area contributed by atoms with E-state index in [9.17, 15) is 9.59 Å². The molecule has 2 amide bonds. The van der Waals surface area contributed by atoms with Crippen molar-refractivity contribution in [2.45, 2.75) is 51.7 Å². The minimum Gasteiger partial charge on any atom is -0.454 e. The molecule has 36 heavy (non-hydrogen) atoms. The summed E-state index contributed by atoms with van der Waals surface area (Å²) in [6, 6.07) is 22.2. The normalized spacial score (nSPS) is 12.9. The predicted molar refractivity (Wildman–Crippen MR) is 140 cm³/mol. The number of ether oxygens (including phenoxy) is 2. The number of amides is 2. The first-order valence-corrected chi connectivity index (χ1v) is 12.5. The number of fused-ring (bicyclic) bond motifs is 1. The lowest BCUT2D eigenvalue weighted by Crippen LogP contribution is -2.51. The Kier molecular flexibility index (Phi) is 8.49. The van der Waals surface area contributed by atoms with Gasteiger partial charge in [0.25, 0.3) is 0 Å². The number of carbonyl (C=O) groups excluding carboxylic acids is 2. The highest BCUT2D eigenvalue weighted by Gasteiger charge is 2.30. The number of aryl methyl sites for hydroxylation is 1. The van der Waals surface area contributed by atoms with Gasteiger partial charge in [-0.25, -0.2) is 0 Å². The number of nitrogens with one attached hydrogen (secondary N) is 1. The van der Waals surface area contributed by atoms with Gasteiger partial charge in [0.15, 0.2) is 11.5 Å². The molecule has 1 aliphatic heterocycles. The van der Waals surface area contributed by atoms with Crippen LogP contribution in [0.4, 0.5) is 0 Å². The molecule has 1 unspecified atom stereocenters. The van der Waals surface area contributed by atoms with Crippen LogP contribution in [0.1, 0.15) is 37.0 Å². The summed E-state index contributed by atoms with van der Waals surface area (Å²) in [6.07, 6.45) is 1.20. The van der Waals surface area contributed by atoms with Crippen LogP contribution in [-0.2, 0) is 29.0 Å². The summed E-state index contributed by atoms with van der Waals surface area (Å²) in [6.45, 7) is 4.35. The molecule has 188 valence electrons. The Morgan fingerprint density at radius 2 is 1.61 bits per heavy atom. The third-order valence-corrected chi connectivity index (χ3v) is 6.28. The van der Waals surface area contributed by atoms with Crippen molar-refractivity contribution in [3.63, 3.8) is 0 Å². The minimum absolute atomic E-state index is 0.0445. The molecular formula is C29H31ClN2O4. The second-order valence-electron chi connectivity index (χ2n) is 9.20. The summed E-state index contributed by atoms with van der Waals surface area (Å²) in [5.74, 6) is 1.14. The zero-order valence-corrected chi connectivity index (χ0v) is 21.3. The van der Waals surface area contributed by atoms with E-state index in [-0.39, 0.29) is 31.1 Å². The number of halogens is 1. The molecule has 0 spiro atoms. The predicted octanol–water partition coefficient (Wildman–Crippen LogP) is 5.17. The molecule has 1 heterocycles. The fraction of sp³-hybridized carbons (Fsp3) is 0.310. The van der Waals surface area contributed by atoms with Crippen molar-refractivity contribution in [3.8, 4) is 11.5 Å². The second kappa shape index (κ2) is 12.0. The average molecular weight is 507 g/mol. The Hall–Kier alpha value is -3.51. The summed E-state index contributed by atoms with van der Waals surface area (Å²) in [5.41, 5.74) is 2.88. The van der Waals surface area contributed by atoms with E-state index in [0.717, 1.165) is 16.7 Å². The third kappa shape index (κ3) is 6.79. The number of hydrogen-bond donors (Lipinski definition) is 1. The van der Waals surface area contributed by atoms with Crippen LogP contribution in [0, 0.1) is 0 Å². The summed E-state index contributed by atoms with van der Waals surface area (Å²) in [5, 5.41) is 3.63. The maximum absolute atomic E-state index is 13.7. The zero-order valence-electron chi connectivity index (χ0n) is 20.6. The first-order valence-electron chi connectivity index (χ1n) is 12.2. The fourth-order valence-corrected chi connectivity index (χ4v) is 4.34. The van der Waals surface area contributed by atoms with Crippen molar-refractivity contribution in [1.29, 1.82) is 0 Å². The molecule has 6 nitrogen and oxygen atoms in total. The molecule has 7 heteroatoms. The van der Waals surface area contributed by atoms with Gasteiger partial charge >= 0.3 is 0 Å². The van der Waals surface area contributed by atoms with Gasteiger partial charge < -0.3 is 19.7 Å². The Bertz CT molecular complexity index is 1180. The second-order valence-corrected chi connectivity index (χ2v) is 9.64. The molecule has 0 aliphatic carbocycles. The van der Waals surface area contributed by atoms with Crippen molar-refractivity contribution in [3.05, 3.63) is 94.5 Å². The molecular weight excluding hydrogens is 476 g/mol. The monoisotopic (exact) mass is 506 g/mol. The highest BCUT2D eigenvalue weighted by molar-refractivity contribution is 6.30. The highest BCUT2D eigenvalue weighted by Crippen LogP contribution is 2.33. The Labute approximate surface area is 217 Å². The molecule has 0 bridgehead atoms. The van der Waals surface area contributed by atoms with Crippen LogP contribution in [-0.4, -0.2) is 35.6 Å². The molecule has 0 aromatic heterocycles. The van der Waals surface area contributed by atoms with Crippen LogP contribution in [0.25, 0.3) is 0 Å². The maximum Gasteiger partial charge on any atom is 0.243 e. The fourth-order valence-electron chi connectivity index (χ4n) is 4.21. The van der Waals surface area contributed by atoms with Gasteiger partial charge in [-0.15, -0.1) is 0 Å². The smallest absolute Gasteiger partial charge is 0.243 e. The van der Waals surface area contributed by atoms with Crippen LogP contribution in [0.15, 0.2) is 72.8 Å². The topological polar surface area (TPSA) is 67.9 Å². The van der Waals surface area contributed by atoms with Gasteiger partial charge in [-0.1, -0.05) is 60.1 Å². The molecule has 4 rings (SSSR count). The van der Waals surface area contributed by atoms with Crippen molar-refractivity contribution >= 4 is 23.4 Å². The standard InChI is InChI=1S/C29H31ClN2O4/c1-20(2)31-29(34)25(16-21-6-4-3-5-7-21)32(18-23-8-12-24(30)13-9-23)28(33)15-11-22-10-14-26-27(17-22)36-19-35-26/h3-10,12-14,17,20,25H,11,15-16,18-19H2,1-2H3,(H,31,34). The van der Waals surface area contributed by atoms with Gasteiger partial charge in [-0.2, -0.15) is 0 Å². The Morgan fingerprint density at radius 1 is 0.917 bits per heavy atom. The van der Waals surface area contributed by atoms with Crippen LogP contribution in [0.5, 0.6) is 11.5 Å². The number of rotatable bonds is 10. The largest absolute Gasteiger partial charge is 0.454 e. The van der Waals surface area contributed by atoms with E-state index in [1.54, 1.807) is 17.0 Å². The third-order valence-electron chi connectivity index (χ3n) is 6.03. The molecule has 1 aliphatic rings. The molecule has 0 saturated carbocycles. The van der Waals surface area contributed by atoms with Gasteiger partial charge in [0, 0.05) is 30.5 Å². The summed E-state index contributed by atoms with van der Waals surface area (Å²) in [4.78, 5) is 28.8. The molecule has 1 atom stereocenters. The first kappa shape index (κ1) is 25.6. The highest BCUT2D eigenvalue weighted by atomic mass is 35.5. The summed E-state index contributed by atoms with van der Waals surface area (Å²) in [7, 11) is 0. The molecule has 0 saturated heterocycles. The van der Waals surface area contributed by atoms with Crippen LogP contribution < -0.4 is 14.8 Å². The van der Waals surface area contributed by atoms with Gasteiger partial charge in [-0.3, -0.25) is 9.59 Å². The molecule has 0 fully saturated rings. The average Bonchev–Trinajstić information content (AvgIpc) is 3.34. The SMILES string of the molecule is CC(C)NC(=O)C(Cc1ccccc1)N(Cc1ccc(Cl)cc1)C(=O)CCc1ccc2c(c1)OCO2. The number of carbonyl (C=O) groups is 2. The number of benzene rings is 3. The van der Waals surface area contributed by atoms with Crippen LogP contribution in [0.2, 0.25) is 5.02 Å². The van der Waals surface area contributed by atoms with Crippen molar-refractivity contribution < 1.29 is 19.1 Å². The molecule has 3 aromatic carbocycles. The van der Waals surface area contributed by atoms with Crippen LogP contribution >= 0.6 is 11.6 Å². The first-order chi connectivity index (χ1) is 17.4. The Morgan fingerprint density at radius 3 is 2.33 bits per heavy atom. The molecule has 0 radical (unpaired) electrons. The van der Waals surface area contributed by atoms with E-state index >= 15 is 0 Å². The molecule has 1 N–H and O–H groups in total. The Balaban J connectivity index is 1.59. The number of hydrogen-bond acceptors (Lipinski definition) is 4. The van der Waals surface area contributed by atoms with E-state index in [4.69, 9.17) is 21.1 Å². The van der Waals surface area contributed by atoms with E-state index < -0.39 is 6.04 Å². The lowest BCUT2D eigenvalue weighted by Gasteiger charge is -2.32. The zero-order chi connectivity index (χ0) is 25.5. The summed E-state index contributed by atoms with van der Waals surface area (Å²) >= 11 is 6.08. The lowest BCUT2D eigenvalue weighted by atomic mass is 10.0. The lowest BCUT2D eigenvalue weighted by molar-refractivity contribution is -0.141. The molecule has 3 aromatic rings. The van der Waals surface area contributed by atoms with Crippen molar-refractivity contribution in [2.75, 3.05) is 6.79 Å². The van der Waals surface area contributed by atoms with Crippen LogP contribution in [0.3, 0.4) is 0 Å². The number of nitrogens with zero attached hydrogens (tertiary/aromatic N) is 1. The minimum atomic E-state index is -0.658. The van der Waals surface area contributed by atoms with E-state index in [1.807, 2.05) is 74.5 Å². The van der Waals surface area contributed by atoms with E-state index in [0.29, 0.717) is 35.9 Å². The van der Waals surface area contributed by atoms with E-state index in [2.05, 4.69) is 5.32 Å². The quantitative estimate of drug-likeness (QED) is 0.412. The summed E-state index contributed by atoms with van der Waals surface area (Å²) < 4.78 is 10.9.